The van der Waals surface area contributed by atoms with Crippen molar-refractivity contribution in [1.29, 1.82) is 0 Å². The molecule has 0 saturated carbocycles. The summed E-state index contributed by atoms with van der Waals surface area (Å²) < 4.78 is 37.1. The number of thioether (sulfide) groups is 1. The molecule has 1 amide bonds. The van der Waals surface area contributed by atoms with Crippen molar-refractivity contribution in [3.05, 3.63) is 30.1 Å². The first kappa shape index (κ1) is 17.4. The molecule has 0 N–H and O–H groups in total. The molecule has 2 saturated heterocycles. The molecular weight excluding hydrogens is 351 g/mol. The van der Waals surface area contributed by atoms with Crippen molar-refractivity contribution in [2.24, 2.45) is 10.9 Å². The predicted octanol–water partition coefficient (Wildman–Crippen LogP) is 2.47. The van der Waals surface area contributed by atoms with Gasteiger partial charge in [0, 0.05) is 17.4 Å². The van der Waals surface area contributed by atoms with E-state index >= 15 is 0 Å². The number of amides is 1. The number of anilines is 1. The van der Waals surface area contributed by atoms with Gasteiger partial charge in [-0.25, -0.2) is 12.8 Å². The van der Waals surface area contributed by atoms with Gasteiger partial charge in [0.1, 0.15) is 5.82 Å². The van der Waals surface area contributed by atoms with Gasteiger partial charge in [0.2, 0.25) is 5.91 Å². The predicted molar refractivity (Wildman–Crippen MR) is 94.6 cm³/mol. The number of aliphatic imine (C=N–C) groups is 1. The Kier molecular flexibility index (Phi) is 4.70. The van der Waals surface area contributed by atoms with Crippen LogP contribution >= 0.6 is 11.8 Å². The van der Waals surface area contributed by atoms with E-state index in [0.717, 1.165) is 0 Å². The summed E-state index contributed by atoms with van der Waals surface area (Å²) in [6.07, 6.45) is 0.342. The Morgan fingerprint density at radius 1 is 1.33 bits per heavy atom. The molecule has 0 aromatic heterocycles. The summed E-state index contributed by atoms with van der Waals surface area (Å²) in [5, 5.41) is 0.364. The highest BCUT2D eigenvalue weighted by Crippen LogP contribution is 2.41. The van der Waals surface area contributed by atoms with Crippen LogP contribution in [0.2, 0.25) is 0 Å². The zero-order valence-electron chi connectivity index (χ0n) is 13.5. The minimum absolute atomic E-state index is 0.0272. The fourth-order valence-corrected chi connectivity index (χ4v) is 6.90. The van der Waals surface area contributed by atoms with Gasteiger partial charge in [-0.3, -0.25) is 4.79 Å². The highest BCUT2D eigenvalue weighted by Gasteiger charge is 2.49. The zero-order chi connectivity index (χ0) is 17.5. The molecule has 5 nitrogen and oxygen atoms in total. The average molecular weight is 370 g/mol. The first-order valence-electron chi connectivity index (χ1n) is 7.78. The van der Waals surface area contributed by atoms with Crippen LogP contribution in [0.25, 0.3) is 0 Å². The molecule has 8 heteroatoms. The minimum Gasteiger partial charge on any atom is -0.316 e. The van der Waals surface area contributed by atoms with E-state index in [0.29, 0.717) is 17.3 Å². The van der Waals surface area contributed by atoms with Gasteiger partial charge in [0.25, 0.3) is 0 Å². The Labute approximate surface area is 145 Å². The van der Waals surface area contributed by atoms with Crippen molar-refractivity contribution in [2.75, 3.05) is 16.4 Å². The maximum Gasteiger partial charge on any atom is 0.248 e. The average Bonchev–Trinajstić information content (AvgIpc) is 2.90. The fourth-order valence-electron chi connectivity index (χ4n) is 2.97. The second-order valence-electron chi connectivity index (χ2n) is 6.53. The number of fused-ring (bicyclic) bond motifs is 1. The summed E-state index contributed by atoms with van der Waals surface area (Å²) in [7, 11) is -3.10. The highest BCUT2D eigenvalue weighted by molar-refractivity contribution is 8.16. The van der Waals surface area contributed by atoms with Crippen LogP contribution in [0.3, 0.4) is 0 Å². The standard InChI is InChI=1S/C16H19FN2O3S2/c1-10(2)7-15(20)18-16-19(12-5-3-11(17)4-6-12)13-8-24(21,22)9-14(13)23-16/h3-6,10,13-14H,7-9H2,1-2H3. The summed E-state index contributed by atoms with van der Waals surface area (Å²) in [5.41, 5.74) is 0.657. The number of sulfone groups is 1. The Morgan fingerprint density at radius 3 is 2.62 bits per heavy atom. The second-order valence-corrected chi connectivity index (χ2v) is 9.89. The van der Waals surface area contributed by atoms with E-state index in [1.165, 1.54) is 23.9 Å². The number of nitrogens with zero attached hydrogens (tertiary/aromatic N) is 2. The molecule has 24 heavy (non-hydrogen) atoms. The Balaban J connectivity index is 1.95. The Hall–Kier alpha value is -1.41. The van der Waals surface area contributed by atoms with Gasteiger partial charge >= 0.3 is 0 Å². The van der Waals surface area contributed by atoms with Crippen LogP contribution in [-0.2, 0) is 14.6 Å². The van der Waals surface area contributed by atoms with Gasteiger partial charge in [-0.05, 0) is 30.2 Å². The molecule has 2 heterocycles. The van der Waals surface area contributed by atoms with E-state index in [9.17, 15) is 17.6 Å². The topological polar surface area (TPSA) is 66.8 Å². The molecule has 2 fully saturated rings. The first-order chi connectivity index (χ1) is 11.2. The normalized spacial score (nSPS) is 27.0. The number of hydrogen-bond acceptors (Lipinski definition) is 4. The van der Waals surface area contributed by atoms with Crippen LogP contribution in [0.15, 0.2) is 29.3 Å². The minimum atomic E-state index is -3.10. The molecule has 1 aromatic carbocycles. The third-order valence-corrected chi connectivity index (χ3v) is 7.18. The fraction of sp³-hybridized carbons (Fsp3) is 0.500. The monoisotopic (exact) mass is 370 g/mol. The van der Waals surface area contributed by atoms with Crippen molar-refractivity contribution in [3.8, 4) is 0 Å². The van der Waals surface area contributed by atoms with Crippen molar-refractivity contribution >= 4 is 38.4 Å². The maximum absolute atomic E-state index is 13.2. The zero-order valence-corrected chi connectivity index (χ0v) is 15.1. The summed E-state index contributed by atoms with van der Waals surface area (Å²) in [6, 6.07) is 5.56. The molecule has 3 rings (SSSR count). The number of amidine groups is 1. The van der Waals surface area contributed by atoms with Crippen molar-refractivity contribution in [2.45, 2.75) is 31.6 Å². The summed E-state index contributed by atoms with van der Waals surface area (Å²) in [6.45, 7) is 3.89. The van der Waals surface area contributed by atoms with E-state index in [2.05, 4.69) is 4.99 Å². The molecule has 2 aliphatic heterocycles. The lowest BCUT2D eigenvalue weighted by molar-refractivity contribution is -0.118. The van der Waals surface area contributed by atoms with Crippen LogP contribution in [-0.4, -0.2) is 42.3 Å². The van der Waals surface area contributed by atoms with E-state index in [1.54, 1.807) is 17.0 Å². The third kappa shape index (κ3) is 3.64. The molecule has 2 atom stereocenters. The van der Waals surface area contributed by atoms with Gasteiger partial charge in [-0.15, -0.1) is 0 Å². The lowest BCUT2D eigenvalue weighted by atomic mass is 10.1. The quantitative estimate of drug-likeness (QED) is 0.818. The first-order valence-corrected chi connectivity index (χ1v) is 10.5. The number of carbonyl (C=O) groups is 1. The van der Waals surface area contributed by atoms with Gasteiger partial charge in [0.15, 0.2) is 15.0 Å². The molecular formula is C16H19FN2O3S2. The lowest BCUT2D eigenvalue weighted by Gasteiger charge is -2.24. The molecule has 0 radical (unpaired) electrons. The third-order valence-electron chi connectivity index (χ3n) is 3.97. The van der Waals surface area contributed by atoms with Crippen molar-refractivity contribution < 1.29 is 17.6 Å². The smallest absolute Gasteiger partial charge is 0.248 e. The van der Waals surface area contributed by atoms with Crippen LogP contribution in [0.1, 0.15) is 20.3 Å². The number of benzene rings is 1. The van der Waals surface area contributed by atoms with E-state index < -0.39 is 9.84 Å². The molecule has 0 spiro atoms. The van der Waals surface area contributed by atoms with Gasteiger partial charge in [-0.1, -0.05) is 25.6 Å². The van der Waals surface area contributed by atoms with Crippen LogP contribution in [0.5, 0.6) is 0 Å². The molecule has 130 valence electrons. The Bertz CT molecular complexity index is 775. The lowest BCUT2D eigenvalue weighted by Crippen LogP contribution is -2.37. The van der Waals surface area contributed by atoms with E-state index in [-0.39, 0.29) is 40.4 Å². The molecule has 1 aromatic rings. The molecule has 2 aliphatic rings. The van der Waals surface area contributed by atoms with Crippen molar-refractivity contribution in [3.63, 3.8) is 0 Å². The number of rotatable bonds is 3. The van der Waals surface area contributed by atoms with Gasteiger partial charge in [-0.2, -0.15) is 4.99 Å². The molecule has 0 bridgehead atoms. The van der Waals surface area contributed by atoms with Gasteiger partial charge in [0.05, 0.1) is 17.5 Å². The SMILES string of the molecule is CC(C)CC(=O)N=C1SC2CS(=O)(=O)CC2N1c1ccc(F)cc1. The van der Waals surface area contributed by atoms with E-state index in [1.807, 2.05) is 13.8 Å². The summed E-state index contributed by atoms with van der Waals surface area (Å²) in [4.78, 5) is 18.1. The van der Waals surface area contributed by atoms with Gasteiger partial charge < -0.3 is 4.90 Å². The summed E-state index contributed by atoms with van der Waals surface area (Å²) >= 11 is 1.33. The van der Waals surface area contributed by atoms with Crippen LogP contribution in [0, 0.1) is 11.7 Å². The second kappa shape index (κ2) is 6.48. The molecule has 2 unspecified atom stereocenters. The Morgan fingerprint density at radius 2 is 2.00 bits per heavy atom. The largest absolute Gasteiger partial charge is 0.316 e. The highest BCUT2D eigenvalue weighted by atomic mass is 32.2. The van der Waals surface area contributed by atoms with Crippen LogP contribution in [0.4, 0.5) is 10.1 Å². The number of hydrogen-bond donors (Lipinski definition) is 0. The van der Waals surface area contributed by atoms with Crippen molar-refractivity contribution in [1.82, 2.24) is 0 Å². The number of carbonyl (C=O) groups excluding carboxylic acids is 1. The van der Waals surface area contributed by atoms with Crippen LogP contribution < -0.4 is 4.90 Å². The maximum atomic E-state index is 13.2. The molecule has 0 aliphatic carbocycles. The van der Waals surface area contributed by atoms with E-state index in [4.69, 9.17) is 0 Å². The summed E-state index contributed by atoms with van der Waals surface area (Å²) in [5.74, 6) is -0.276. The number of halogens is 1.